The van der Waals surface area contributed by atoms with Crippen molar-refractivity contribution in [3.05, 3.63) is 66.1 Å². The molecule has 148 valence electrons. The van der Waals surface area contributed by atoms with E-state index in [1.165, 1.54) is 23.2 Å². The predicted octanol–water partition coefficient (Wildman–Crippen LogP) is 5.37. The minimum atomic E-state index is 0.264. The number of anilines is 3. The number of pyridine rings is 1. The van der Waals surface area contributed by atoms with Gasteiger partial charge in [0, 0.05) is 11.1 Å². The fourth-order valence-corrected chi connectivity index (χ4v) is 4.11. The molecule has 3 N–H and O–H groups in total. The fourth-order valence-electron chi connectivity index (χ4n) is 3.15. The Morgan fingerprint density at radius 2 is 1.90 bits per heavy atom. The molecular formula is C22H18N6OS. The van der Waals surface area contributed by atoms with Gasteiger partial charge in [-0.15, -0.1) is 0 Å². The van der Waals surface area contributed by atoms with E-state index in [4.69, 9.17) is 10.5 Å². The Hall–Kier alpha value is -3.78. The van der Waals surface area contributed by atoms with Crippen molar-refractivity contribution in [2.45, 2.75) is 13.8 Å². The quantitative estimate of drug-likeness (QED) is 0.408. The molecule has 3 aromatic heterocycles. The summed E-state index contributed by atoms with van der Waals surface area (Å²) < 4.78 is 7.13. The molecule has 0 bridgehead atoms. The summed E-state index contributed by atoms with van der Waals surface area (Å²) in [5, 5.41) is 4.87. The van der Waals surface area contributed by atoms with Gasteiger partial charge in [0.05, 0.1) is 10.2 Å². The zero-order chi connectivity index (χ0) is 20.7. The minimum Gasteiger partial charge on any atom is -0.435 e. The molecule has 0 radical (unpaired) electrons. The molecule has 0 atom stereocenters. The van der Waals surface area contributed by atoms with Crippen molar-refractivity contribution in [1.82, 2.24) is 19.9 Å². The summed E-state index contributed by atoms with van der Waals surface area (Å²) in [5.41, 5.74) is 10.4. The van der Waals surface area contributed by atoms with Crippen molar-refractivity contribution in [3.8, 4) is 11.6 Å². The van der Waals surface area contributed by atoms with Crippen LogP contribution < -0.4 is 15.8 Å². The number of nitrogens with two attached hydrogens (primary N) is 1. The van der Waals surface area contributed by atoms with Crippen LogP contribution in [0.4, 0.5) is 16.6 Å². The molecule has 7 nitrogen and oxygen atoms in total. The number of nitrogen functional groups attached to an aromatic ring is 1. The summed E-state index contributed by atoms with van der Waals surface area (Å²) in [7, 11) is 0. The van der Waals surface area contributed by atoms with Crippen LogP contribution in [0.2, 0.25) is 0 Å². The second kappa shape index (κ2) is 7.23. The highest BCUT2D eigenvalue weighted by Crippen LogP contribution is 2.35. The first-order chi connectivity index (χ1) is 14.6. The first-order valence-electron chi connectivity index (χ1n) is 9.36. The monoisotopic (exact) mass is 414 g/mol. The molecule has 8 heteroatoms. The molecule has 3 heterocycles. The van der Waals surface area contributed by atoms with E-state index >= 15 is 0 Å². The van der Waals surface area contributed by atoms with Crippen molar-refractivity contribution in [3.63, 3.8) is 0 Å². The van der Waals surface area contributed by atoms with Crippen LogP contribution in [0.25, 0.3) is 21.1 Å². The number of hydrogen-bond donors (Lipinski definition) is 2. The summed E-state index contributed by atoms with van der Waals surface area (Å²) in [4.78, 5) is 17.7. The van der Waals surface area contributed by atoms with Gasteiger partial charge in [-0.25, -0.2) is 15.0 Å². The zero-order valence-corrected chi connectivity index (χ0v) is 17.2. The highest BCUT2D eigenvalue weighted by molar-refractivity contribution is 7.22. The SMILES string of the molecule is Cc1ccc2nc(Nc3ncnc(Oc4cccc5ccc(C)nc45)c3N)sc2c1. The maximum Gasteiger partial charge on any atom is 0.248 e. The highest BCUT2D eigenvalue weighted by Gasteiger charge is 2.14. The Kier molecular flexibility index (Phi) is 4.40. The Morgan fingerprint density at radius 1 is 1.00 bits per heavy atom. The third kappa shape index (κ3) is 3.37. The second-order valence-corrected chi connectivity index (χ2v) is 7.97. The summed E-state index contributed by atoms with van der Waals surface area (Å²) in [6.07, 6.45) is 1.41. The minimum absolute atomic E-state index is 0.264. The van der Waals surface area contributed by atoms with E-state index in [0.717, 1.165) is 26.8 Å². The summed E-state index contributed by atoms with van der Waals surface area (Å²) in [6.45, 7) is 4.00. The van der Waals surface area contributed by atoms with Gasteiger partial charge in [0.1, 0.15) is 17.5 Å². The molecule has 0 spiro atoms. The Balaban J connectivity index is 1.48. The molecule has 0 fully saturated rings. The van der Waals surface area contributed by atoms with Crippen LogP contribution in [0, 0.1) is 13.8 Å². The average Bonchev–Trinajstić information content (AvgIpc) is 3.13. The lowest BCUT2D eigenvalue weighted by atomic mass is 10.2. The number of aryl methyl sites for hydroxylation is 2. The lowest BCUT2D eigenvalue weighted by Crippen LogP contribution is -2.03. The largest absolute Gasteiger partial charge is 0.435 e. The molecule has 0 aliphatic heterocycles. The topological polar surface area (TPSA) is 98.8 Å². The normalized spacial score (nSPS) is 11.1. The van der Waals surface area contributed by atoms with Crippen molar-refractivity contribution < 1.29 is 4.74 Å². The van der Waals surface area contributed by atoms with Crippen molar-refractivity contribution in [2.24, 2.45) is 0 Å². The van der Waals surface area contributed by atoms with Gasteiger partial charge in [-0.3, -0.25) is 0 Å². The molecule has 0 saturated carbocycles. The maximum absolute atomic E-state index is 6.32. The van der Waals surface area contributed by atoms with Crippen molar-refractivity contribution in [1.29, 1.82) is 0 Å². The maximum atomic E-state index is 6.32. The molecule has 30 heavy (non-hydrogen) atoms. The van der Waals surface area contributed by atoms with Gasteiger partial charge in [-0.1, -0.05) is 35.6 Å². The molecule has 0 aliphatic rings. The number of benzene rings is 2. The lowest BCUT2D eigenvalue weighted by molar-refractivity contribution is 0.469. The summed E-state index contributed by atoms with van der Waals surface area (Å²) >= 11 is 1.54. The van der Waals surface area contributed by atoms with Gasteiger partial charge in [0.25, 0.3) is 0 Å². The Labute approximate surface area is 176 Å². The molecule has 0 amide bonds. The van der Waals surface area contributed by atoms with Gasteiger partial charge >= 0.3 is 0 Å². The fraction of sp³-hybridized carbons (Fsp3) is 0.0909. The van der Waals surface area contributed by atoms with E-state index in [1.807, 2.05) is 49.4 Å². The van der Waals surface area contributed by atoms with E-state index in [1.54, 1.807) is 0 Å². The van der Waals surface area contributed by atoms with Crippen LogP contribution in [0.15, 0.2) is 54.9 Å². The first-order valence-corrected chi connectivity index (χ1v) is 10.2. The molecule has 2 aromatic carbocycles. The smallest absolute Gasteiger partial charge is 0.248 e. The van der Waals surface area contributed by atoms with Crippen LogP contribution >= 0.6 is 11.3 Å². The first kappa shape index (κ1) is 18.3. The summed E-state index contributed by atoms with van der Waals surface area (Å²) in [5.74, 6) is 1.29. The predicted molar refractivity (Wildman–Crippen MR) is 121 cm³/mol. The summed E-state index contributed by atoms with van der Waals surface area (Å²) in [6, 6.07) is 15.9. The van der Waals surface area contributed by atoms with Gasteiger partial charge < -0.3 is 15.8 Å². The van der Waals surface area contributed by atoms with E-state index in [0.29, 0.717) is 22.4 Å². The van der Waals surface area contributed by atoms with Crippen molar-refractivity contribution in [2.75, 3.05) is 11.1 Å². The lowest BCUT2D eigenvalue weighted by Gasteiger charge is -2.12. The van der Waals surface area contributed by atoms with Crippen molar-refractivity contribution >= 4 is 49.1 Å². The number of aromatic nitrogens is 4. The molecule has 5 aromatic rings. The van der Waals surface area contributed by atoms with Crippen LogP contribution in [-0.2, 0) is 0 Å². The molecule has 0 aliphatic carbocycles. The number of para-hydroxylation sites is 1. The number of thiazole rings is 1. The van der Waals surface area contributed by atoms with Crippen LogP contribution in [0.1, 0.15) is 11.3 Å². The van der Waals surface area contributed by atoms with E-state index in [-0.39, 0.29) is 5.88 Å². The number of nitrogens with zero attached hydrogens (tertiary/aromatic N) is 4. The second-order valence-electron chi connectivity index (χ2n) is 6.94. The molecular weight excluding hydrogens is 396 g/mol. The van der Waals surface area contributed by atoms with Gasteiger partial charge in [0.15, 0.2) is 16.7 Å². The van der Waals surface area contributed by atoms with Crippen LogP contribution in [-0.4, -0.2) is 19.9 Å². The Bertz CT molecular complexity index is 1400. The number of hydrogen-bond acceptors (Lipinski definition) is 8. The van der Waals surface area contributed by atoms with E-state index in [2.05, 4.69) is 38.2 Å². The number of fused-ring (bicyclic) bond motifs is 2. The Morgan fingerprint density at radius 3 is 2.80 bits per heavy atom. The number of rotatable bonds is 4. The van der Waals surface area contributed by atoms with Gasteiger partial charge in [0.2, 0.25) is 5.88 Å². The average molecular weight is 414 g/mol. The molecule has 5 rings (SSSR count). The van der Waals surface area contributed by atoms with Crippen LogP contribution in [0.5, 0.6) is 11.6 Å². The van der Waals surface area contributed by atoms with Crippen LogP contribution in [0.3, 0.4) is 0 Å². The zero-order valence-electron chi connectivity index (χ0n) is 16.4. The number of nitrogens with one attached hydrogen (secondary N) is 1. The van der Waals surface area contributed by atoms with E-state index < -0.39 is 0 Å². The third-order valence-electron chi connectivity index (χ3n) is 4.65. The standard InChI is InChI=1S/C22H18N6OS/c1-12-6-9-15-17(10-12)30-22(27-15)28-20-18(23)21(25-11-24-20)29-16-5-3-4-14-8-7-13(2)26-19(14)16/h3-11H,23H2,1-2H3,(H,24,25,27,28). The van der Waals surface area contributed by atoms with Gasteiger partial charge in [-0.2, -0.15) is 4.98 Å². The number of ether oxygens (including phenoxy) is 1. The molecule has 0 saturated heterocycles. The van der Waals surface area contributed by atoms with Gasteiger partial charge in [-0.05, 0) is 43.7 Å². The third-order valence-corrected chi connectivity index (χ3v) is 5.58. The highest BCUT2D eigenvalue weighted by atomic mass is 32.1. The molecule has 0 unspecified atom stereocenters. The van der Waals surface area contributed by atoms with E-state index in [9.17, 15) is 0 Å².